The van der Waals surface area contributed by atoms with Crippen molar-refractivity contribution in [3.05, 3.63) is 101 Å². The molecule has 1 amide bonds. The molecule has 0 fully saturated rings. The lowest BCUT2D eigenvalue weighted by atomic mass is 10.0. The standard InChI is InChI=1S/C27H28N2O3/c1-19(28-16-15-20-9-5-3-6-10-20)22-13-14-24(31-2)26-23(22)17-25(32-26)27(30)29-18-21-11-7-4-8-12-21/h3-14,17,19,28H,15-16,18H2,1-2H3,(H,29,30). The first-order valence-corrected chi connectivity index (χ1v) is 10.9. The maximum Gasteiger partial charge on any atom is 0.287 e. The highest BCUT2D eigenvalue weighted by Crippen LogP contribution is 2.34. The molecule has 0 saturated carbocycles. The summed E-state index contributed by atoms with van der Waals surface area (Å²) in [4.78, 5) is 12.7. The van der Waals surface area contributed by atoms with Gasteiger partial charge in [-0.05, 0) is 48.7 Å². The van der Waals surface area contributed by atoms with Crippen LogP contribution in [0.4, 0.5) is 0 Å². The van der Waals surface area contributed by atoms with Crippen LogP contribution in [0.25, 0.3) is 11.0 Å². The number of nitrogens with one attached hydrogen (secondary N) is 2. The highest BCUT2D eigenvalue weighted by atomic mass is 16.5. The molecule has 5 nitrogen and oxygen atoms in total. The van der Waals surface area contributed by atoms with Crippen LogP contribution in [0.2, 0.25) is 0 Å². The second kappa shape index (κ2) is 10.2. The van der Waals surface area contributed by atoms with Crippen LogP contribution in [-0.2, 0) is 13.0 Å². The summed E-state index contributed by atoms with van der Waals surface area (Å²) in [6.07, 6.45) is 0.947. The molecule has 5 heteroatoms. The predicted octanol–water partition coefficient (Wildman–Crippen LogP) is 5.26. The highest BCUT2D eigenvalue weighted by Gasteiger charge is 2.19. The van der Waals surface area contributed by atoms with E-state index in [-0.39, 0.29) is 17.7 Å². The van der Waals surface area contributed by atoms with Crippen LogP contribution in [0.3, 0.4) is 0 Å². The number of carbonyl (C=O) groups excluding carboxylic acids is 1. The average Bonchev–Trinajstić information content (AvgIpc) is 3.29. The monoisotopic (exact) mass is 428 g/mol. The second-order valence-electron chi connectivity index (χ2n) is 7.79. The minimum Gasteiger partial charge on any atom is -0.493 e. The van der Waals surface area contributed by atoms with Crippen LogP contribution in [-0.4, -0.2) is 19.6 Å². The Balaban J connectivity index is 1.50. The molecule has 1 heterocycles. The van der Waals surface area contributed by atoms with Crippen LogP contribution in [0.1, 0.15) is 40.2 Å². The molecule has 1 atom stereocenters. The number of hydrogen-bond donors (Lipinski definition) is 2. The van der Waals surface area contributed by atoms with E-state index in [9.17, 15) is 4.79 Å². The van der Waals surface area contributed by atoms with Crippen molar-refractivity contribution in [3.63, 3.8) is 0 Å². The fraction of sp³-hybridized carbons (Fsp3) is 0.222. The van der Waals surface area contributed by atoms with E-state index < -0.39 is 0 Å². The van der Waals surface area contributed by atoms with Gasteiger partial charge in [-0.15, -0.1) is 0 Å². The zero-order valence-electron chi connectivity index (χ0n) is 18.4. The van der Waals surface area contributed by atoms with Gasteiger partial charge in [0.15, 0.2) is 17.1 Å². The third-order valence-electron chi connectivity index (χ3n) is 5.59. The first-order chi connectivity index (χ1) is 15.7. The molecule has 0 bridgehead atoms. The van der Waals surface area contributed by atoms with Gasteiger partial charge in [0.2, 0.25) is 0 Å². The van der Waals surface area contributed by atoms with Gasteiger partial charge in [-0.25, -0.2) is 0 Å². The molecular weight excluding hydrogens is 400 g/mol. The number of fused-ring (bicyclic) bond motifs is 1. The largest absolute Gasteiger partial charge is 0.493 e. The van der Waals surface area contributed by atoms with E-state index in [0.717, 1.165) is 29.5 Å². The first kappa shape index (κ1) is 21.7. The van der Waals surface area contributed by atoms with Crippen LogP contribution in [0, 0.1) is 0 Å². The number of furan rings is 1. The number of methoxy groups -OCH3 is 1. The van der Waals surface area contributed by atoms with Gasteiger partial charge in [0.1, 0.15) is 0 Å². The third-order valence-corrected chi connectivity index (χ3v) is 5.59. The molecule has 1 unspecified atom stereocenters. The fourth-order valence-electron chi connectivity index (χ4n) is 3.82. The second-order valence-corrected chi connectivity index (χ2v) is 7.79. The molecular formula is C27H28N2O3. The molecule has 4 aromatic rings. The normalized spacial score (nSPS) is 11.9. The molecule has 1 aromatic heterocycles. The summed E-state index contributed by atoms with van der Waals surface area (Å²) in [7, 11) is 1.60. The van der Waals surface area contributed by atoms with Crippen molar-refractivity contribution >= 4 is 16.9 Å². The lowest BCUT2D eigenvalue weighted by Crippen LogP contribution is -2.22. The van der Waals surface area contributed by atoms with Gasteiger partial charge >= 0.3 is 0 Å². The Labute approximate surface area is 188 Å². The number of rotatable bonds is 9. The highest BCUT2D eigenvalue weighted by molar-refractivity contribution is 5.98. The topological polar surface area (TPSA) is 63.5 Å². The van der Waals surface area contributed by atoms with Crippen molar-refractivity contribution in [2.45, 2.75) is 25.9 Å². The minimum atomic E-state index is -0.247. The van der Waals surface area contributed by atoms with Crippen molar-refractivity contribution in [1.82, 2.24) is 10.6 Å². The van der Waals surface area contributed by atoms with Crippen LogP contribution < -0.4 is 15.4 Å². The molecule has 0 saturated heterocycles. The average molecular weight is 429 g/mol. The molecule has 2 N–H and O–H groups in total. The Hall–Kier alpha value is -3.57. The third kappa shape index (κ3) is 5.01. The van der Waals surface area contributed by atoms with Gasteiger partial charge in [-0.2, -0.15) is 0 Å². The van der Waals surface area contributed by atoms with E-state index in [0.29, 0.717) is 17.9 Å². The van der Waals surface area contributed by atoms with E-state index in [2.05, 4.69) is 41.8 Å². The van der Waals surface area contributed by atoms with E-state index >= 15 is 0 Å². The van der Waals surface area contributed by atoms with Gasteiger partial charge < -0.3 is 19.8 Å². The van der Waals surface area contributed by atoms with Crippen molar-refractivity contribution in [1.29, 1.82) is 0 Å². The van der Waals surface area contributed by atoms with Gasteiger partial charge in [-0.3, -0.25) is 4.79 Å². The zero-order chi connectivity index (χ0) is 22.3. The van der Waals surface area contributed by atoms with E-state index in [1.165, 1.54) is 5.56 Å². The maximum absolute atomic E-state index is 12.7. The Morgan fingerprint density at radius 1 is 0.969 bits per heavy atom. The lowest BCUT2D eigenvalue weighted by molar-refractivity contribution is 0.0925. The van der Waals surface area contributed by atoms with E-state index in [1.54, 1.807) is 7.11 Å². The van der Waals surface area contributed by atoms with Crippen molar-refractivity contribution in [3.8, 4) is 5.75 Å². The van der Waals surface area contributed by atoms with Gasteiger partial charge in [0.25, 0.3) is 5.91 Å². The Morgan fingerprint density at radius 2 is 1.66 bits per heavy atom. The van der Waals surface area contributed by atoms with Crippen molar-refractivity contribution < 1.29 is 13.9 Å². The molecule has 4 rings (SSSR count). The van der Waals surface area contributed by atoms with Gasteiger partial charge in [0.05, 0.1) is 7.11 Å². The zero-order valence-corrected chi connectivity index (χ0v) is 18.4. The number of benzene rings is 3. The Bertz CT molecular complexity index is 1170. The van der Waals surface area contributed by atoms with Crippen molar-refractivity contribution in [2.24, 2.45) is 0 Å². The van der Waals surface area contributed by atoms with Crippen LogP contribution >= 0.6 is 0 Å². The summed E-state index contributed by atoms with van der Waals surface area (Å²) in [5.41, 5.74) is 3.99. The smallest absolute Gasteiger partial charge is 0.287 e. The minimum absolute atomic E-state index is 0.0879. The molecule has 0 aliphatic rings. The maximum atomic E-state index is 12.7. The molecule has 0 aliphatic carbocycles. The predicted molar refractivity (Wildman–Crippen MR) is 127 cm³/mol. The summed E-state index contributed by atoms with van der Waals surface area (Å²) in [5.74, 6) is 0.642. The number of amides is 1. The summed E-state index contributed by atoms with van der Waals surface area (Å²) in [6.45, 7) is 3.41. The Morgan fingerprint density at radius 3 is 2.34 bits per heavy atom. The molecule has 0 spiro atoms. The summed E-state index contributed by atoms with van der Waals surface area (Å²) >= 11 is 0. The summed E-state index contributed by atoms with van der Waals surface area (Å²) in [6, 6.07) is 26.0. The molecule has 3 aromatic carbocycles. The molecule has 164 valence electrons. The summed E-state index contributed by atoms with van der Waals surface area (Å²) in [5, 5.41) is 7.39. The quantitative estimate of drug-likeness (QED) is 0.381. The SMILES string of the molecule is COc1ccc(C(C)NCCc2ccccc2)c2cc(C(=O)NCc3ccccc3)oc12. The summed E-state index contributed by atoms with van der Waals surface area (Å²) < 4.78 is 11.4. The van der Waals surface area contributed by atoms with Gasteiger partial charge in [-0.1, -0.05) is 66.7 Å². The van der Waals surface area contributed by atoms with Crippen LogP contribution in [0.5, 0.6) is 5.75 Å². The van der Waals surface area contributed by atoms with Crippen molar-refractivity contribution in [2.75, 3.05) is 13.7 Å². The van der Waals surface area contributed by atoms with Crippen LogP contribution in [0.15, 0.2) is 83.3 Å². The first-order valence-electron chi connectivity index (χ1n) is 10.9. The van der Waals surface area contributed by atoms with Gasteiger partial charge in [0, 0.05) is 18.0 Å². The fourth-order valence-corrected chi connectivity index (χ4v) is 3.82. The van der Waals surface area contributed by atoms with E-state index in [1.807, 2.05) is 54.6 Å². The number of hydrogen-bond acceptors (Lipinski definition) is 4. The number of carbonyl (C=O) groups is 1. The molecule has 32 heavy (non-hydrogen) atoms. The lowest BCUT2D eigenvalue weighted by Gasteiger charge is -2.16. The molecule has 0 radical (unpaired) electrons. The number of ether oxygens (including phenoxy) is 1. The van der Waals surface area contributed by atoms with E-state index in [4.69, 9.17) is 9.15 Å². The molecule has 0 aliphatic heterocycles. The Kier molecular flexibility index (Phi) is 6.87.